The summed E-state index contributed by atoms with van der Waals surface area (Å²) < 4.78 is 42.1. The third-order valence-electron chi connectivity index (χ3n) is 6.54. The van der Waals surface area contributed by atoms with E-state index in [1.54, 1.807) is 59.5 Å². The van der Waals surface area contributed by atoms with Gasteiger partial charge in [-0.15, -0.1) is 0 Å². The van der Waals surface area contributed by atoms with Gasteiger partial charge in [0.1, 0.15) is 5.82 Å². The van der Waals surface area contributed by atoms with Gasteiger partial charge in [-0.1, -0.05) is 30.3 Å². The number of rotatable bonds is 4. The van der Waals surface area contributed by atoms with Crippen LogP contribution in [-0.2, 0) is 16.4 Å². The predicted molar refractivity (Wildman–Crippen MR) is 130 cm³/mol. The molecule has 0 bridgehead atoms. The monoisotopic (exact) mass is 479 g/mol. The number of hydrogen-bond donors (Lipinski definition) is 0. The van der Waals surface area contributed by atoms with E-state index in [1.165, 1.54) is 10.4 Å². The number of piperazine rings is 1. The minimum Gasteiger partial charge on any atom is -0.366 e. The Morgan fingerprint density at radius 1 is 0.882 bits per heavy atom. The molecule has 1 fully saturated rings. The summed E-state index contributed by atoms with van der Waals surface area (Å²) in [4.78, 5) is 17.2. The quantitative estimate of drug-likeness (QED) is 0.569. The summed E-state index contributed by atoms with van der Waals surface area (Å²) in [6, 6.07) is 20.1. The van der Waals surface area contributed by atoms with Crippen LogP contribution in [0.3, 0.4) is 0 Å². The van der Waals surface area contributed by atoms with Crippen molar-refractivity contribution < 1.29 is 17.6 Å². The largest absolute Gasteiger partial charge is 0.366 e. The fourth-order valence-corrected chi connectivity index (χ4v) is 6.56. The third-order valence-corrected chi connectivity index (χ3v) is 8.48. The van der Waals surface area contributed by atoms with Crippen LogP contribution in [0, 0.1) is 5.82 Å². The van der Waals surface area contributed by atoms with E-state index in [0.717, 1.165) is 5.56 Å². The number of carbonyl (C=O) groups excluding carboxylic acids is 1. The van der Waals surface area contributed by atoms with E-state index < -0.39 is 10.0 Å². The van der Waals surface area contributed by atoms with E-state index in [0.29, 0.717) is 49.5 Å². The fourth-order valence-electron chi connectivity index (χ4n) is 4.85. The number of fused-ring (bicyclic) bond motifs is 1. The van der Waals surface area contributed by atoms with Crippen LogP contribution >= 0.6 is 0 Å². The van der Waals surface area contributed by atoms with E-state index in [9.17, 15) is 17.6 Å². The molecule has 3 aromatic carbocycles. The van der Waals surface area contributed by atoms with Gasteiger partial charge in [0, 0.05) is 37.8 Å². The number of nitrogens with zero attached hydrogens (tertiary/aromatic N) is 3. The van der Waals surface area contributed by atoms with Crippen LogP contribution < -0.4 is 9.21 Å². The molecule has 1 atom stereocenters. The Balaban J connectivity index is 1.33. The van der Waals surface area contributed by atoms with Gasteiger partial charge in [0.05, 0.1) is 16.3 Å². The van der Waals surface area contributed by atoms with Crippen LogP contribution in [0.25, 0.3) is 0 Å². The average molecular weight is 480 g/mol. The fraction of sp³-hybridized carbons (Fsp3) is 0.269. The van der Waals surface area contributed by atoms with Gasteiger partial charge in [-0.3, -0.25) is 9.10 Å². The first kappa shape index (κ1) is 22.4. The molecule has 0 aliphatic carbocycles. The van der Waals surface area contributed by atoms with Crippen molar-refractivity contribution in [2.24, 2.45) is 0 Å². The Hall–Kier alpha value is -3.39. The summed E-state index contributed by atoms with van der Waals surface area (Å²) in [7, 11) is -3.69. The van der Waals surface area contributed by atoms with E-state index in [4.69, 9.17) is 0 Å². The summed E-state index contributed by atoms with van der Waals surface area (Å²) in [5, 5.41) is 0. The maximum Gasteiger partial charge on any atom is 0.264 e. The van der Waals surface area contributed by atoms with Crippen LogP contribution in [0.1, 0.15) is 22.8 Å². The van der Waals surface area contributed by atoms with E-state index >= 15 is 0 Å². The zero-order valence-electron chi connectivity index (χ0n) is 18.9. The lowest BCUT2D eigenvalue weighted by Gasteiger charge is -2.36. The lowest BCUT2D eigenvalue weighted by Crippen LogP contribution is -2.49. The Kier molecular flexibility index (Phi) is 5.77. The maximum absolute atomic E-state index is 14.1. The number of anilines is 2. The predicted octanol–water partition coefficient (Wildman–Crippen LogP) is 3.93. The highest BCUT2D eigenvalue weighted by atomic mass is 32.2. The topological polar surface area (TPSA) is 60.9 Å². The normalized spacial score (nSPS) is 18.2. The Labute approximate surface area is 199 Å². The van der Waals surface area contributed by atoms with E-state index in [-0.39, 0.29) is 22.7 Å². The number of hydrogen-bond acceptors (Lipinski definition) is 4. The Bertz CT molecular complexity index is 1320. The number of carbonyl (C=O) groups is 1. The van der Waals surface area contributed by atoms with E-state index in [2.05, 4.69) is 0 Å². The molecule has 8 heteroatoms. The maximum atomic E-state index is 14.1. The number of amides is 1. The zero-order chi connectivity index (χ0) is 23.9. The average Bonchev–Trinajstić information content (AvgIpc) is 3.20. The highest BCUT2D eigenvalue weighted by Gasteiger charge is 2.36. The second-order valence-electron chi connectivity index (χ2n) is 8.74. The van der Waals surface area contributed by atoms with Crippen molar-refractivity contribution >= 4 is 27.3 Å². The molecule has 2 heterocycles. The molecule has 5 rings (SSSR count). The summed E-state index contributed by atoms with van der Waals surface area (Å²) >= 11 is 0. The molecule has 0 spiro atoms. The molecule has 0 radical (unpaired) electrons. The number of para-hydroxylation sites is 1. The van der Waals surface area contributed by atoms with Crippen LogP contribution in [-0.4, -0.2) is 51.4 Å². The summed E-state index contributed by atoms with van der Waals surface area (Å²) in [6.07, 6.45) is 0.545. The SMILES string of the molecule is C[C@@H]1Cc2cc(C(=O)N3CCN(c4ccccc4F)CC3)ccc2N1S(=O)(=O)c1ccccc1. The van der Waals surface area contributed by atoms with Crippen molar-refractivity contribution in [1.29, 1.82) is 0 Å². The van der Waals surface area contributed by atoms with Crippen molar-refractivity contribution in [2.45, 2.75) is 24.3 Å². The van der Waals surface area contributed by atoms with Crippen molar-refractivity contribution in [3.05, 3.63) is 89.7 Å². The molecule has 0 N–H and O–H groups in total. The molecule has 176 valence electrons. The number of halogens is 1. The number of benzene rings is 3. The van der Waals surface area contributed by atoms with Gasteiger partial charge in [0.2, 0.25) is 0 Å². The first-order valence-corrected chi connectivity index (χ1v) is 12.8. The molecule has 0 unspecified atom stereocenters. The van der Waals surface area contributed by atoms with Gasteiger partial charge in [0.25, 0.3) is 15.9 Å². The molecule has 2 aliphatic heterocycles. The van der Waals surface area contributed by atoms with Crippen molar-refractivity contribution in [3.63, 3.8) is 0 Å². The van der Waals surface area contributed by atoms with Crippen LogP contribution in [0.4, 0.5) is 15.8 Å². The lowest BCUT2D eigenvalue weighted by molar-refractivity contribution is 0.0746. The summed E-state index contributed by atoms with van der Waals surface area (Å²) in [5.74, 6) is -0.349. The van der Waals surface area contributed by atoms with Crippen LogP contribution in [0.2, 0.25) is 0 Å². The smallest absolute Gasteiger partial charge is 0.264 e. The molecule has 1 amide bonds. The highest BCUT2D eigenvalue weighted by molar-refractivity contribution is 7.92. The van der Waals surface area contributed by atoms with Gasteiger partial charge in [0.15, 0.2) is 0 Å². The second kappa shape index (κ2) is 8.76. The first-order valence-electron chi connectivity index (χ1n) is 11.4. The number of sulfonamides is 1. The van der Waals surface area contributed by atoms with Crippen LogP contribution in [0.15, 0.2) is 77.7 Å². The Morgan fingerprint density at radius 2 is 1.56 bits per heavy atom. The molecular formula is C26H26FN3O3S. The third kappa shape index (κ3) is 3.92. The summed E-state index contributed by atoms with van der Waals surface area (Å²) in [5.41, 5.74) is 2.57. The van der Waals surface area contributed by atoms with Gasteiger partial charge >= 0.3 is 0 Å². The molecule has 1 saturated heterocycles. The van der Waals surface area contributed by atoms with Crippen molar-refractivity contribution in [3.8, 4) is 0 Å². The van der Waals surface area contributed by atoms with Crippen LogP contribution in [0.5, 0.6) is 0 Å². The summed E-state index contributed by atoms with van der Waals surface area (Å²) in [6.45, 7) is 3.98. The van der Waals surface area contributed by atoms with Gasteiger partial charge < -0.3 is 9.80 Å². The van der Waals surface area contributed by atoms with Crippen molar-refractivity contribution in [2.75, 3.05) is 35.4 Å². The van der Waals surface area contributed by atoms with Gasteiger partial charge in [-0.25, -0.2) is 12.8 Å². The minimum absolute atomic E-state index is 0.0898. The zero-order valence-corrected chi connectivity index (χ0v) is 19.7. The molecule has 34 heavy (non-hydrogen) atoms. The van der Waals surface area contributed by atoms with Crippen molar-refractivity contribution in [1.82, 2.24) is 4.90 Å². The van der Waals surface area contributed by atoms with Gasteiger partial charge in [-0.05, 0) is 61.4 Å². The molecule has 3 aromatic rings. The lowest BCUT2D eigenvalue weighted by atomic mass is 10.1. The molecule has 6 nitrogen and oxygen atoms in total. The molecule has 2 aliphatic rings. The highest BCUT2D eigenvalue weighted by Crippen LogP contribution is 2.37. The Morgan fingerprint density at radius 3 is 2.26 bits per heavy atom. The molecule has 0 saturated carbocycles. The standard InChI is InChI=1S/C26H26FN3O3S/c1-19-17-21-18-20(11-12-24(21)30(19)34(32,33)22-7-3-2-4-8-22)26(31)29-15-13-28(14-16-29)25-10-6-5-9-23(25)27/h2-12,18-19H,13-17H2,1H3/t19-/m1/s1. The first-order chi connectivity index (χ1) is 16.4. The molecular weight excluding hydrogens is 453 g/mol. The molecule has 0 aromatic heterocycles. The minimum atomic E-state index is -3.69. The van der Waals surface area contributed by atoms with Gasteiger partial charge in [-0.2, -0.15) is 0 Å². The van der Waals surface area contributed by atoms with E-state index in [1.807, 2.05) is 24.0 Å². The second-order valence-corrected chi connectivity index (χ2v) is 10.6.